The van der Waals surface area contributed by atoms with Crippen LogP contribution in [0.3, 0.4) is 0 Å². The second-order valence-corrected chi connectivity index (χ2v) is 1.69. The molecule has 0 aromatic heterocycles. The molecule has 5 heteroatoms. The van der Waals surface area contributed by atoms with Crippen LogP contribution in [-0.4, -0.2) is 18.7 Å². The van der Waals surface area contributed by atoms with Crippen molar-refractivity contribution < 1.29 is 0 Å². The Morgan fingerprint density at radius 2 is 2.38 bits per heavy atom. The number of nitrogens with two attached hydrogens (primary N) is 1. The van der Waals surface area contributed by atoms with Gasteiger partial charge in [0.05, 0.1) is 6.21 Å². The smallest absolute Gasteiger partial charge is 0.0556 e. The van der Waals surface area contributed by atoms with Crippen molar-refractivity contribution in [3.8, 4) is 0 Å². The molecule has 0 aromatic carbocycles. The highest BCUT2D eigenvalue weighted by molar-refractivity contribution is 7.39. The van der Waals surface area contributed by atoms with E-state index in [1.807, 2.05) is 12.5 Å². The fraction of sp³-hybridized carbons (Fsp3) is 0.333. The summed E-state index contributed by atoms with van der Waals surface area (Å²) in [5, 5.41) is 9.48. The summed E-state index contributed by atoms with van der Waals surface area (Å²) in [4.78, 5) is 0. The molecule has 0 rings (SSSR count). The van der Waals surface area contributed by atoms with Crippen molar-refractivity contribution in [1.82, 2.24) is 0 Å². The largest absolute Gasteiger partial charge is 0.303 e. The fourth-order valence-electron chi connectivity index (χ4n) is 0.156. The molecule has 0 spiro atoms. The second kappa shape index (κ2) is 6.24. The number of hydrogen-bond acceptors (Lipinski definition) is 2. The lowest BCUT2D eigenvalue weighted by Gasteiger charge is -1.67. The van der Waals surface area contributed by atoms with Gasteiger partial charge in [0, 0.05) is 0 Å². The molecule has 0 aliphatic heterocycles. The fourth-order valence-corrected chi connectivity index (χ4v) is 0.349. The third-order valence-corrected chi connectivity index (χ3v) is 0.817. The maximum Gasteiger partial charge on any atom is 0.0556 e. The van der Waals surface area contributed by atoms with E-state index in [2.05, 4.69) is 21.4 Å². The molecule has 0 bridgehead atoms. The molecule has 0 unspecified atom stereocenters. The van der Waals surface area contributed by atoms with Crippen molar-refractivity contribution in [3.63, 3.8) is 0 Å². The highest BCUT2D eigenvalue weighted by Gasteiger charge is 1.57. The van der Waals surface area contributed by atoms with Gasteiger partial charge in [-0.1, -0.05) is 5.22 Å². The summed E-state index contributed by atoms with van der Waals surface area (Å²) < 4.78 is 0. The van der Waals surface area contributed by atoms with Gasteiger partial charge in [0.25, 0.3) is 0 Å². The zero-order valence-corrected chi connectivity index (χ0v) is 5.42. The van der Waals surface area contributed by atoms with Gasteiger partial charge in [-0.3, -0.25) is 0 Å². The van der Waals surface area contributed by atoms with Gasteiger partial charge in [0.1, 0.15) is 0 Å². The Kier molecular flexibility index (Phi) is 5.65. The van der Waals surface area contributed by atoms with Gasteiger partial charge in [0.15, 0.2) is 0 Å². The third-order valence-electron chi connectivity index (χ3n) is 0.386. The molecule has 0 aliphatic rings. The topological polar surface area (TPSA) is 63.1 Å². The van der Waals surface area contributed by atoms with Crippen LogP contribution < -0.4 is 5.84 Å². The van der Waals surface area contributed by atoms with Gasteiger partial charge in [-0.2, -0.15) is 0 Å². The van der Waals surface area contributed by atoms with Crippen LogP contribution in [0, 0.1) is 0 Å². The molecule has 0 amide bonds. The van der Waals surface area contributed by atoms with E-state index in [1.165, 1.54) is 6.21 Å². The summed E-state index contributed by atoms with van der Waals surface area (Å²) in [7, 11) is 1.14. The molecule has 0 aliphatic carbocycles. The average molecular weight is 130 g/mol. The lowest BCUT2D eigenvalue weighted by atomic mass is 10.9. The Morgan fingerprint density at radius 1 is 1.62 bits per heavy atom. The summed E-state index contributed by atoms with van der Waals surface area (Å²) in [6.45, 7) is 1.98. The summed E-state index contributed by atoms with van der Waals surface area (Å²) in [6.07, 6.45) is 1.54. The Balaban J connectivity index is 3.35. The molecule has 0 heterocycles. The Morgan fingerprint density at radius 3 is 2.88 bits per heavy atom. The molecular formula is C3H7N4P. The maximum absolute atomic E-state index is 4.64. The van der Waals surface area contributed by atoms with Crippen LogP contribution in [0.15, 0.2) is 15.5 Å². The minimum absolute atomic E-state index is 1.14. The van der Waals surface area contributed by atoms with Crippen molar-refractivity contribution in [3.05, 3.63) is 0 Å². The molecule has 0 saturated heterocycles. The first kappa shape index (κ1) is 7.24. The predicted octanol–water partition coefficient (Wildman–Crippen LogP) is 0.676. The van der Waals surface area contributed by atoms with Gasteiger partial charge in [0.2, 0.25) is 0 Å². The highest BCUT2D eigenvalue weighted by Crippen LogP contribution is 1.76. The van der Waals surface area contributed by atoms with E-state index in [4.69, 9.17) is 0 Å². The normalized spacial score (nSPS) is 12.6. The minimum Gasteiger partial charge on any atom is -0.303 e. The molecule has 0 fully saturated rings. The van der Waals surface area contributed by atoms with Crippen molar-refractivity contribution >= 4 is 20.2 Å². The first-order valence-corrected chi connectivity index (χ1v) is 3.37. The monoisotopic (exact) mass is 130 g/mol. The molecule has 2 N–H and O–H groups in total. The lowest BCUT2D eigenvalue weighted by molar-refractivity contribution is 0.962. The summed E-state index contributed by atoms with van der Waals surface area (Å²) in [6, 6.07) is 0. The number of hydrogen-bond donors (Lipinski definition) is 1. The van der Waals surface area contributed by atoms with E-state index in [0.29, 0.717) is 0 Å². The molecular weight excluding hydrogens is 123 g/mol. The van der Waals surface area contributed by atoms with Crippen molar-refractivity contribution in [2.75, 3.05) is 6.66 Å². The van der Waals surface area contributed by atoms with E-state index in [9.17, 15) is 0 Å². The lowest BCUT2D eigenvalue weighted by Crippen LogP contribution is -1.73. The van der Waals surface area contributed by atoms with E-state index < -0.39 is 0 Å². The Bertz CT molecular complexity index is 102. The molecule has 44 valence electrons. The van der Waals surface area contributed by atoms with E-state index in [1.54, 1.807) is 0 Å². The minimum atomic E-state index is 1.14. The highest BCUT2D eigenvalue weighted by atomic mass is 31.1. The SMILES string of the molecule is CP=CC=NN=NN. The molecule has 4 nitrogen and oxygen atoms in total. The first-order valence-electron chi connectivity index (χ1n) is 1.96. The van der Waals surface area contributed by atoms with E-state index >= 15 is 0 Å². The van der Waals surface area contributed by atoms with E-state index in [0.717, 1.165) is 8.20 Å². The van der Waals surface area contributed by atoms with Crippen molar-refractivity contribution in [1.29, 1.82) is 0 Å². The van der Waals surface area contributed by atoms with Crippen molar-refractivity contribution in [2.45, 2.75) is 0 Å². The van der Waals surface area contributed by atoms with Crippen LogP contribution in [0.5, 0.6) is 0 Å². The number of nitrogens with zero attached hydrogens (tertiary/aromatic N) is 3. The van der Waals surface area contributed by atoms with Crippen LogP contribution in [0.1, 0.15) is 0 Å². The predicted molar refractivity (Wildman–Crippen MR) is 36.4 cm³/mol. The van der Waals surface area contributed by atoms with Crippen LogP contribution >= 0.6 is 8.20 Å². The molecule has 0 radical (unpaired) electrons. The standard InChI is InChI=1S/C3H7N4P/c1-8-3-2-5-7-6-4/h2-3H,1H3,(H2,4,7). The Labute approximate surface area is 49.3 Å². The second-order valence-electron chi connectivity index (χ2n) is 0.877. The van der Waals surface area contributed by atoms with E-state index in [-0.39, 0.29) is 0 Å². The quantitative estimate of drug-likeness (QED) is 0.193. The van der Waals surface area contributed by atoms with Crippen molar-refractivity contribution in [2.24, 2.45) is 21.4 Å². The third kappa shape index (κ3) is 5.24. The molecule has 8 heavy (non-hydrogen) atoms. The van der Waals surface area contributed by atoms with Gasteiger partial charge in [-0.15, -0.1) is 13.3 Å². The number of rotatable bonds is 2. The molecule has 0 atom stereocenters. The van der Waals surface area contributed by atoms with Crippen LogP contribution in [-0.2, 0) is 0 Å². The zero-order chi connectivity index (χ0) is 6.24. The van der Waals surface area contributed by atoms with Gasteiger partial charge >= 0.3 is 0 Å². The summed E-state index contributed by atoms with van der Waals surface area (Å²) >= 11 is 0. The van der Waals surface area contributed by atoms with Crippen LogP contribution in [0.25, 0.3) is 0 Å². The average Bonchev–Trinajstić information content (AvgIpc) is 1.81. The summed E-state index contributed by atoms with van der Waals surface area (Å²) in [5.74, 6) is 6.47. The Hall–Kier alpha value is -0.760. The first-order chi connectivity index (χ1) is 3.91. The summed E-state index contributed by atoms with van der Waals surface area (Å²) in [5.41, 5.74) is 0. The molecule has 0 aromatic rings. The molecule has 0 saturated carbocycles. The maximum atomic E-state index is 4.64. The van der Waals surface area contributed by atoms with Crippen LogP contribution in [0.4, 0.5) is 0 Å². The van der Waals surface area contributed by atoms with Gasteiger partial charge in [-0.25, -0.2) is 0 Å². The zero-order valence-electron chi connectivity index (χ0n) is 4.52. The van der Waals surface area contributed by atoms with Gasteiger partial charge in [-0.05, 0) is 17.7 Å². The van der Waals surface area contributed by atoms with Gasteiger partial charge < -0.3 is 5.84 Å². The van der Waals surface area contributed by atoms with Crippen LogP contribution in [0.2, 0.25) is 0 Å².